The van der Waals surface area contributed by atoms with Crippen LogP contribution in [-0.2, 0) is 24.4 Å². The summed E-state index contributed by atoms with van der Waals surface area (Å²) < 4.78 is 21.9. The molecule has 156 valence electrons. The highest BCUT2D eigenvalue weighted by atomic mass is 35.5. The number of halogens is 1. The number of hydrogen-bond donors (Lipinski definition) is 0. The first-order chi connectivity index (χ1) is 14.2. The van der Waals surface area contributed by atoms with Crippen LogP contribution in [0.15, 0.2) is 30.3 Å². The summed E-state index contributed by atoms with van der Waals surface area (Å²) in [4.78, 5) is 4.92. The summed E-state index contributed by atoms with van der Waals surface area (Å²) in [5, 5.41) is 0.736. The van der Waals surface area contributed by atoms with E-state index in [1.807, 2.05) is 18.2 Å². The van der Waals surface area contributed by atoms with Gasteiger partial charge in [0.1, 0.15) is 5.75 Å². The molecule has 0 spiro atoms. The van der Waals surface area contributed by atoms with Crippen LogP contribution >= 0.6 is 11.6 Å². The minimum absolute atomic E-state index is 0.306. The van der Waals surface area contributed by atoms with Gasteiger partial charge in [0.2, 0.25) is 0 Å². The molecule has 6 nitrogen and oxygen atoms in total. The van der Waals surface area contributed by atoms with Gasteiger partial charge in [-0.3, -0.25) is 9.80 Å². The van der Waals surface area contributed by atoms with Crippen LogP contribution in [-0.4, -0.2) is 57.0 Å². The maximum Gasteiger partial charge on any atom is 0.189 e. The van der Waals surface area contributed by atoms with Crippen LogP contribution in [0, 0.1) is 0 Å². The molecule has 7 heteroatoms. The average Bonchev–Trinajstić information content (AvgIpc) is 2.75. The van der Waals surface area contributed by atoms with Gasteiger partial charge in [0.25, 0.3) is 0 Å². The van der Waals surface area contributed by atoms with E-state index in [4.69, 9.17) is 30.5 Å². The van der Waals surface area contributed by atoms with Gasteiger partial charge in [0.15, 0.2) is 18.3 Å². The van der Waals surface area contributed by atoms with Crippen LogP contribution in [0.3, 0.4) is 0 Å². The second-order valence-corrected chi connectivity index (χ2v) is 7.84. The lowest BCUT2D eigenvalue weighted by Crippen LogP contribution is -2.45. The Hall–Kier alpha value is -1.99. The number of piperazine rings is 1. The third kappa shape index (κ3) is 4.78. The third-order valence-electron chi connectivity index (χ3n) is 5.46. The van der Waals surface area contributed by atoms with Crippen molar-refractivity contribution in [1.29, 1.82) is 0 Å². The number of fused-ring (bicyclic) bond motifs is 1. The highest BCUT2D eigenvalue weighted by Gasteiger charge is 2.22. The molecule has 0 bridgehead atoms. The maximum absolute atomic E-state index is 6.30. The molecule has 2 aliphatic rings. The van der Waals surface area contributed by atoms with E-state index in [1.54, 1.807) is 14.2 Å². The standard InChI is InChI=1S/C22H27ClN2O4/c1-26-20-4-3-16(9-21(20)27-2)12-24-5-7-25(8-6-24)13-17-10-19(23)11-18-14-28-15-29-22(17)18/h3-4,9-11H,5-8,12-15H2,1-2H3. The van der Waals surface area contributed by atoms with Crippen molar-refractivity contribution in [3.8, 4) is 17.2 Å². The van der Waals surface area contributed by atoms with Crippen LogP contribution in [0.1, 0.15) is 16.7 Å². The number of benzene rings is 2. The summed E-state index contributed by atoms with van der Waals surface area (Å²) in [6, 6.07) is 10.1. The molecular weight excluding hydrogens is 392 g/mol. The van der Waals surface area contributed by atoms with Gasteiger partial charge in [-0.05, 0) is 29.8 Å². The Morgan fingerprint density at radius 3 is 2.38 bits per heavy atom. The summed E-state index contributed by atoms with van der Waals surface area (Å²) in [5.41, 5.74) is 3.41. The molecule has 2 heterocycles. The Labute approximate surface area is 176 Å². The summed E-state index contributed by atoms with van der Waals surface area (Å²) in [5.74, 6) is 2.48. The molecule has 0 N–H and O–H groups in total. The van der Waals surface area contributed by atoms with Gasteiger partial charge in [-0.25, -0.2) is 0 Å². The fourth-order valence-corrected chi connectivity index (χ4v) is 4.22. The van der Waals surface area contributed by atoms with E-state index in [0.717, 1.165) is 72.7 Å². The van der Waals surface area contributed by atoms with Crippen LogP contribution in [0.2, 0.25) is 5.02 Å². The zero-order chi connectivity index (χ0) is 20.2. The minimum Gasteiger partial charge on any atom is -0.493 e. The Balaban J connectivity index is 1.35. The van der Waals surface area contributed by atoms with Gasteiger partial charge in [0, 0.05) is 55.4 Å². The Bertz CT molecular complexity index is 853. The smallest absolute Gasteiger partial charge is 0.189 e. The van der Waals surface area contributed by atoms with E-state index < -0.39 is 0 Å². The van der Waals surface area contributed by atoms with Gasteiger partial charge in [-0.2, -0.15) is 0 Å². The number of nitrogens with zero attached hydrogens (tertiary/aromatic N) is 2. The number of hydrogen-bond acceptors (Lipinski definition) is 6. The van der Waals surface area contributed by atoms with E-state index in [-0.39, 0.29) is 0 Å². The van der Waals surface area contributed by atoms with E-state index in [2.05, 4.69) is 21.9 Å². The molecule has 2 aromatic carbocycles. The molecule has 1 fully saturated rings. The van der Waals surface area contributed by atoms with Gasteiger partial charge in [0.05, 0.1) is 20.8 Å². The van der Waals surface area contributed by atoms with Crippen molar-refractivity contribution in [3.05, 3.63) is 52.0 Å². The van der Waals surface area contributed by atoms with Crippen molar-refractivity contribution in [2.45, 2.75) is 19.7 Å². The van der Waals surface area contributed by atoms with Gasteiger partial charge in [-0.15, -0.1) is 0 Å². The first kappa shape index (κ1) is 20.3. The summed E-state index contributed by atoms with van der Waals surface area (Å²) >= 11 is 6.30. The first-order valence-corrected chi connectivity index (χ1v) is 10.2. The van der Waals surface area contributed by atoms with Crippen LogP contribution in [0.5, 0.6) is 17.2 Å². The lowest BCUT2D eigenvalue weighted by Gasteiger charge is -2.35. The second kappa shape index (κ2) is 9.22. The molecule has 0 aromatic heterocycles. The molecule has 1 saturated heterocycles. The normalized spacial score (nSPS) is 17.5. The van der Waals surface area contributed by atoms with Crippen LogP contribution in [0.25, 0.3) is 0 Å². The Morgan fingerprint density at radius 1 is 0.931 bits per heavy atom. The number of ether oxygens (including phenoxy) is 4. The first-order valence-electron chi connectivity index (χ1n) is 9.83. The molecule has 4 rings (SSSR count). The van der Waals surface area contributed by atoms with Crippen molar-refractivity contribution in [2.24, 2.45) is 0 Å². The fourth-order valence-electron chi connectivity index (χ4n) is 3.96. The highest BCUT2D eigenvalue weighted by Crippen LogP contribution is 2.33. The second-order valence-electron chi connectivity index (χ2n) is 7.41. The molecule has 0 unspecified atom stereocenters. The summed E-state index contributed by atoms with van der Waals surface area (Å²) in [6.45, 7) is 6.65. The van der Waals surface area contributed by atoms with Gasteiger partial charge >= 0.3 is 0 Å². The van der Waals surface area contributed by atoms with Crippen molar-refractivity contribution in [3.63, 3.8) is 0 Å². The molecular formula is C22H27ClN2O4. The fraction of sp³-hybridized carbons (Fsp3) is 0.455. The molecule has 0 saturated carbocycles. The Morgan fingerprint density at radius 2 is 1.66 bits per heavy atom. The van der Waals surface area contributed by atoms with E-state index in [0.29, 0.717) is 13.4 Å². The van der Waals surface area contributed by atoms with Crippen molar-refractivity contribution >= 4 is 11.6 Å². The SMILES string of the molecule is COc1ccc(CN2CCN(Cc3cc(Cl)cc4c3OCOC4)CC2)cc1OC. The Kier molecular flexibility index (Phi) is 6.45. The van der Waals surface area contributed by atoms with Crippen LogP contribution in [0.4, 0.5) is 0 Å². The van der Waals surface area contributed by atoms with E-state index >= 15 is 0 Å². The predicted octanol–water partition coefficient (Wildman–Crippen LogP) is 3.54. The van der Waals surface area contributed by atoms with Crippen LogP contribution < -0.4 is 14.2 Å². The van der Waals surface area contributed by atoms with Gasteiger partial charge in [-0.1, -0.05) is 17.7 Å². The van der Waals surface area contributed by atoms with Crippen molar-refractivity contribution in [2.75, 3.05) is 47.2 Å². The zero-order valence-electron chi connectivity index (χ0n) is 16.9. The molecule has 0 atom stereocenters. The number of rotatable bonds is 6. The number of methoxy groups -OCH3 is 2. The maximum atomic E-state index is 6.30. The largest absolute Gasteiger partial charge is 0.493 e. The zero-order valence-corrected chi connectivity index (χ0v) is 17.7. The molecule has 29 heavy (non-hydrogen) atoms. The predicted molar refractivity (Wildman–Crippen MR) is 112 cm³/mol. The summed E-state index contributed by atoms with van der Waals surface area (Å²) in [6.07, 6.45) is 0. The summed E-state index contributed by atoms with van der Waals surface area (Å²) in [7, 11) is 3.33. The molecule has 0 amide bonds. The third-order valence-corrected chi connectivity index (χ3v) is 5.68. The van der Waals surface area contributed by atoms with Gasteiger partial charge < -0.3 is 18.9 Å². The highest BCUT2D eigenvalue weighted by molar-refractivity contribution is 6.30. The quantitative estimate of drug-likeness (QED) is 0.714. The lowest BCUT2D eigenvalue weighted by molar-refractivity contribution is -0.0176. The monoisotopic (exact) mass is 418 g/mol. The molecule has 0 radical (unpaired) electrons. The van der Waals surface area contributed by atoms with E-state index in [9.17, 15) is 0 Å². The van der Waals surface area contributed by atoms with Crippen molar-refractivity contribution in [1.82, 2.24) is 9.80 Å². The molecule has 2 aromatic rings. The van der Waals surface area contributed by atoms with Crippen molar-refractivity contribution < 1.29 is 18.9 Å². The topological polar surface area (TPSA) is 43.4 Å². The molecule has 2 aliphatic heterocycles. The lowest BCUT2D eigenvalue weighted by atomic mass is 10.1. The average molecular weight is 419 g/mol. The van der Waals surface area contributed by atoms with E-state index in [1.165, 1.54) is 5.56 Å². The minimum atomic E-state index is 0.306. The molecule has 0 aliphatic carbocycles.